The van der Waals surface area contributed by atoms with E-state index in [0.717, 1.165) is 25.7 Å². The number of nitrogens with one attached hydrogen (secondary N) is 1. The highest BCUT2D eigenvalue weighted by Crippen LogP contribution is 2.20. The third kappa shape index (κ3) is 5.50. The summed E-state index contributed by atoms with van der Waals surface area (Å²) in [5.74, 6) is 0.528. The molecule has 0 spiro atoms. The van der Waals surface area contributed by atoms with Crippen LogP contribution in [0.1, 0.15) is 53.4 Å². The molecule has 0 radical (unpaired) electrons. The Balaban J connectivity index is 4.04. The summed E-state index contributed by atoms with van der Waals surface area (Å²) in [4.78, 5) is 11.8. The van der Waals surface area contributed by atoms with Crippen LogP contribution in [-0.4, -0.2) is 24.2 Å². The van der Waals surface area contributed by atoms with Crippen LogP contribution in [0.25, 0.3) is 0 Å². The third-order valence-corrected chi connectivity index (χ3v) is 3.28. The predicted octanol–water partition coefficient (Wildman–Crippen LogP) is 2.34. The molecule has 0 aliphatic heterocycles. The van der Waals surface area contributed by atoms with Gasteiger partial charge in [0.1, 0.15) is 0 Å². The van der Waals surface area contributed by atoms with Gasteiger partial charge in [0.25, 0.3) is 0 Å². The van der Waals surface area contributed by atoms with Crippen LogP contribution in [0.2, 0.25) is 0 Å². The number of hydrogen-bond acceptors (Lipinski definition) is 2. The molecule has 2 N–H and O–H groups in total. The monoisotopic (exact) mass is 229 g/mol. The highest BCUT2D eigenvalue weighted by molar-refractivity contribution is 5.81. The van der Waals surface area contributed by atoms with Crippen molar-refractivity contribution in [3.8, 4) is 0 Å². The Morgan fingerprint density at radius 2 is 1.94 bits per heavy atom. The summed E-state index contributed by atoms with van der Waals surface area (Å²) in [6, 6.07) is 0. The Morgan fingerprint density at radius 3 is 2.38 bits per heavy atom. The van der Waals surface area contributed by atoms with E-state index in [9.17, 15) is 4.79 Å². The highest BCUT2D eigenvalue weighted by Gasteiger charge is 2.25. The summed E-state index contributed by atoms with van der Waals surface area (Å²) in [5, 5.41) is 11.9. The smallest absolute Gasteiger partial charge is 0.225 e. The molecule has 16 heavy (non-hydrogen) atoms. The molecule has 3 nitrogen and oxygen atoms in total. The molecule has 0 saturated heterocycles. The first-order valence-corrected chi connectivity index (χ1v) is 6.37. The molecule has 0 heterocycles. The van der Waals surface area contributed by atoms with Crippen molar-refractivity contribution in [2.45, 2.75) is 53.4 Å². The lowest BCUT2D eigenvalue weighted by Gasteiger charge is -2.23. The minimum atomic E-state index is -0.282. The van der Waals surface area contributed by atoms with E-state index in [2.05, 4.69) is 12.2 Å². The summed E-state index contributed by atoms with van der Waals surface area (Å²) in [7, 11) is 0. The van der Waals surface area contributed by atoms with Crippen LogP contribution in [0.3, 0.4) is 0 Å². The van der Waals surface area contributed by atoms with E-state index in [-0.39, 0.29) is 17.9 Å². The highest BCUT2D eigenvalue weighted by atomic mass is 16.3. The minimum Gasteiger partial charge on any atom is -0.396 e. The van der Waals surface area contributed by atoms with Gasteiger partial charge in [0.05, 0.1) is 0 Å². The van der Waals surface area contributed by atoms with Crippen molar-refractivity contribution < 1.29 is 9.90 Å². The molecule has 1 unspecified atom stereocenters. The summed E-state index contributed by atoms with van der Waals surface area (Å²) in [5.41, 5.74) is -0.282. The minimum absolute atomic E-state index is 0.119. The van der Waals surface area contributed by atoms with E-state index in [1.54, 1.807) is 0 Å². The van der Waals surface area contributed by atoms with Gasteiger partial charge in [-0.25, -0.2) is 0 Å². The van der Waals surface area contributed by atoms with Gasteiger partial charge in [-0.15, -0.1) is 0 Å². The lowest BCUT2D eigenvalue weighted by molar-refractivity contribution is -0.129. The van der Waals surface area contributed by atoms with E-state index in [1.807, 2.05) is 20.8 Å². The quantitative estimate of drug-likeness (QED) is 0.671. The van der Waals surface area contributed by atoms with Crippen molar-refractivity contribution in [3.05, 3.63) is 0 Å². The van der Waals surface area contributed by atoms with Crippen LogP contribution >= 0.6 is 0 Å². The van der Waals surface area contributed by atoms with Gasteiger partial charge in [-0.2, -0.15) is 0 Å². The average molecular weight is 229 g/mol. The summed E-state index contributed by atoms with van der Waals surface area (Å²) < 4.78 is 0. The molecular formula is C13H27NO2. The van der Waals surface area contributed by atoms with E-state index in [4.69, 9.17) is 5.11 Å². The van der Waals surface area contributed by atoms with Gasteiger partial charge in [-0.3, -0.25) is 4.79 Å². The van der Waals surface area contributed by atoms with Gasteiger partial charge in [0, 0.05) is 18.6 Å². The molecular weight excluding hydrogens is 202 g/mol. The van der Waals surface area contributed by atoms with Crippen LogP contribution in [0.4, 0.5) is 0 Å². The maximum Gasteiger partial charge on any atom is 0.225 e. The van der Waals surface area contributed by atoms with Crippen molar-refractivity contribution >= 4 is 5.91 Å². The zero-order valence-corrected chi connectivity index (χ0v) is 11.2. The second-order valence-corrected chi connectivity index (χ2v) is 5.11. The molecule has 0 bridgehead atoms. The molecule has 96 valence electrons. The van der Waals surface area contributed by atoms with Gasteiger partial charge < -0.3 is 10.4 Å². The van der Waals surface area contributed by atoms with E-state index < -0.39 is 0 Å². The Bertz CT molecular complexity index is 196. The Hall–Kier alpha value is -0.570. The zero-order chi connectivity index (χ0) is 12.6. The average Bonchev–Trinajstić information content (AvgIpc) is 2.26. The SMILES string of the molecule is CCCC(CCO)CNC(=O)C(C)(C)CC. The fourth-order valence-electron chi connectivity index (χ4n) is 1.58. The second kappa shape index (κ2) is 7.66. The number of carbonyl (C=O) groups excluding carboxylic acids is 1. The normalized spacial score (nSPS) is 13.6. The maximum absolute atomic E-state index is 11.8. The molecule has 3 heteroatoms. The first-order valence-electron chi connectivity index (χ1n) is 6.37. The van der Waals surface area contributed by atoms with Crippen molar-refractivity contribution in [1.29, 1.82) is 0 Å². The number of aliphatic hydroxyl groups is 1. The molecule has 0 aromatic rings. The first kappa shape index (κ1) is 15.4. The number of aliphatic hydroxyl groups excluding tert-OH is 1. The standard InChI is InChI=1S/C13H27NO2/c1-5-7-11(8-9-15)10-14-12(16)13(3,4)6-2/h11,15H,5-10H2,1-4H3,(H,14,16). The molecule has 0 fully saturated rings. The van der Waals surface area contributed by atoms with E-state index in [0.29, 0.717) is 12.5 Å². The van der Waals surface area contributed by atoms with Crippen LogP contribution in [0, 0.1) is 11.3 Å². The van der Waals surface area contributed by atoms with Crippen LogP contribution in [-0.2, 0) is 4.79 Å². The molecule has 1 atom stereocenters. The predicted molar refractivity (Wildman–Crippen MR) is 67.2 cm³/mol. The molecule has 0 aliphatic carbocycles. The van der Waals surface area contributed by atoms with Gasteiger partial charge in [-0.05, 0) is 25.2 Å². The summed E-state index contributed by atoms with van der Waals surface area (Å²) >= 11 is 0. The Kier molecular flexibility index (Phi) is 7.39. The molecule has 1 amide bonds. The van der Waals surface area contributed by atoms with E-state index in [1.165, 1.54) is 0 Å². The molecule has 0 saturated carbocycles. The second-order valence-electron chi connectivity index (χ2n) is 5.11. The van der Waals surface area contributed by atoms with Crippen molar-refractivity contribution in [1.82, 2.24) is 5.32 Å². The number of amides is 1. The van der Waals surface area contributed by atoms with Gasteiger partial charge in [0.2, 0.25) is 5.91 Å². The fourth-order valence-corrected chi connectivity index (χ4v) is 1.58. The van der Waals surface area contributed by atoms with Crippen LogP contribution < -0.4 is 5.32 Å². The molecule has 0 rings (SSSR count). The topological polar surface area (TPSA) is 49.3 Å². The Morgan fingerprint density at radius 1 is 1.31 bits per heavy atom. The Labute approximate surface area is 99.6 Å². The van der Waals surface area contributed by atoms with Gasteiger partial charge in [0.15, 0.2) is 0 Å². The van der Waals surface area contributed by atoms with Crippen molar-refractivity contribution in [2.24, 2.45) is 11.3 Å². The number of hydrogen-bond donors (Lipinski definition) is 2. The van der Waals surface area contributed by atoms with Crippen LogP contribution in [0.5, 0.6) is 0 Å². The van der Waals surface area contributed by atoms with E-state index >= 15 is 0 Å². The van der Waals surface area contributed by atoms with Gasteiger partial charge >= 0.3 is 0 Å². The van der Waals surface area contributed by atoms with Crippen LogP contribution in [0.15, 0.2) is 0 Å². The summed E-state index contributed by atoms with van der Waals surface area (Å²) in [6.07, 6.45) is 3.78. The summed E-state index contributed by atoms with van der Waals surface area (Å²) in [6.45, 7) is 8.97. The number of carbonyl (C=O) groups is 1. The molecule has 0 aromatic carbocycles. The third-order valence-electron chi connectivity index (χ3n) is 3.28. The zero-order valence-electron chi connectivity index (χ0n) is 11.2. The maximum atomic E-state index is 11.8. The largest absolute Gasteiger partial charge is 0.396 e. The molecule has 0 aliphatic rings. The first-order chi connectivity index (χ1) is 7.47. The fraction of sp³-hybridized carbons (Fsp3) is 0.923. The van der Waals surface area contributed by atoms with Gasteiger partial charge in [-0.1, -0.05) is 34.1 Å². The number of rotatable bonds is 8. The lowest BCUT2D eigenvalue weighted by Crippen LogP contribution is -2.39. The lowest BCUT2D eigenvalue weighted by atomic mass is 9.89. The van der Waals surface area contributed by atoms with Crippen molar-refractivity contribution in [2.75, 3.05) is 13.2 Å². The van der Waals surface area contributed by atoms with Crippen molar-refractivity contribution in [3.63, 3.8) is 0 Å². The molecule has 0 aromatic heterocycles.